The lowest BCUT2D eigenvalue weighted by molar-refractivity contribution is -0.135. The summed E-state index contributed by atoms with van der Waals surface area (Å²) in [7, 11) is 1.49. The summed E-state index contributed by atoms with van der Waals surface area (Å²) in [5.41, 5.74) is 2.25. The van der Waals surface area contributed by atoms with Crippen LogP contribution in [0.4, 0.5) is 0 Å². The lowest BCUT2D eigenvalue weighted by atomic mass is 10.0. The van der Waals surface area contributed by atoms with Gasteiger partial charge in [0.2, 0.25) is 11.8 Å². The van der Waals surface area contributed by atoms with Crippen molar-refractivity contribution in [2.24, 2.45) is 0 Å². The van der Waals surface area contributed by atoms with Gasteiger partial charge in [0.15, 0.2) is 0 Å². The van der Waals surface area contributed by atoms with Gasteiger partial charge in [-0.25, -0.2) is 4.68 Å². The molecule has 58 heavy (non-hydrogen) atoms. The van der Waals surface area contributed by atoms with E-state index in [1.165, 1.54) is 25.1 Å². The lowest BCUT2D eigenvalue weighted by Gasteiger charge is -2.33. The Morgan fingerprint density at radius 3 is 1.98 bits per heavy atom. The third-order valence-electron chi connectivity index (χ3n) is 9.07. The first-order chi connectivity index (χ1) is 28.2. The molecule has 19 nitrogen and oxygen atoms in total. The molecule has 3 amide bonds. The smallest absolute Gasteiger partial charge is 0.295 e. The van der Waals surface area contributed by atoms with Crippen LogP contribution in [0.15, 0.2) is 41.1 Å². The minimum atomic E-state index is -0.677. The summed E-state index contributed by atoms with van der Waals surface area (Å²) >= 11 is 0. The Morgan fingerprint density at radius 2 is 1.40 bits per heavy atom. The Kier molecular flexibility index (Phi) is 17.6. The lowest BCUT2D eigenvalue weighted by Crippen LogP contribution is -2.51. The third-order valence-corrected chi connectivity index (χ3v) is 9.07. The molecule has 2 N–H and O–H groups in total. The number of benzene rings is 1. The molecule has 1 aliphatic rings. The van der Waals surface area contributed by atoms with E-state index in [0.29, 0.717) is 119 Å². The number of nitrogens with zero attached hydrogens (tertiary/aromatic N) is 5. The molecule has 0 aliphatic carbocycles. The quantitative estimate of drug-likeness (QED) is 0.0525. The zero-order chi connectivity index (χ0) is 41.1. The number of ketones is 1. The topological polar surface area (TPSA) is 211 Å². The van der Waals surface area contributed by atoms with E-state index in [0.717, 1.165) is 5.69 Å². The number of aryl methyl sites for hydroxylation is 1. The number of furan rings is 1. The summed E-state index contributed by atoms with van der Waals surface area (Å²) in [4.78, 5) is 56.9. The highest BCUT2D eigenvalue weighted by molar-refractivity contribution is 6.45. The molecule has 4 heterocycles. The van der Waals surface area contributed by atoms with E-state index in [2.05, 4.69) is 20.6 Å². The van der Waals surface area contributed by atoms with Crippen LogP contribution < -0.4 is 10.1 Å². The average molecular weight is 812 g/mol. The number of H-pyrrole nitrogens is 1. The Bertz CT molecular complexity index is 1920. The number of aromatic amines is 1. The molecule has 0 atom stereocenters. The fraction of sp³-hybridized carbons (Fsp3) is 0.538. The largest absolute Gasteiger partial charge is 0.496 e. The van der Waals surface area contributed by atoms with Crippen molar-refractivity contribution in [3.63, 3.8) is 0 Å². The van der Waals surface area contributed by atoms with Crippen LogP contribution in [0.5, 0.6) is 5.75 Å². The van der Waals surface area contributed by atoms with Gasteiger partial charge in [-0.1, -0.05) is 5.21 Å². The number of methoxy groups -OCH3 is 1. The van der Waals surface area contributed by atoms with Gasteiger partial charge in [0, 0.05) is 51.1 Å². The minimum Gasteiger partial charge on any atom is -0.496 e. The van der Waals surface area contributed by atoms with Gasteiger partial charge in [0.25, 0.3) is 11.7 Å². The summed E-state index contributed by atoms with van der Waals surface area (Å²) in [5.74, 6) is -0.294. The summed E-state index contributed by atoms with van der Waals surface area (Å²) in [6.07, 6.45) is 3.36. The minimum absolute atomic E-state index is 0.0662. The molecule has 0 spiro atoms. The van der Waals surface area contributed by atoms with Gasteiger partial charge in [-0.2, -0.15) is 0 Å². The van der Waals surface area contributed by atoms with E-state index < -0.39 is 11.7 Å². The molecular formula is C39H53N7O12. The van der Waals surface area contributed by atoms with E-state index in [-0.39, 0.29) is 50.2 Å². The molecule has 0 saturated carbocycles. The highest BCUT2D eigenvalue weighted by Crippen LogP contribution is 2.37. The number of hydrogen-bond donors (Lipinski definition) is 2. The number of rotatable bonds is 26. The highest BCUT2D eigenvalue weighted by Gasteiger charge is 2.30. The average Bonchev–Trinajstić information content (AvgIpc) is 4.00. The van der Waals surface area contributed by atoms with Crippen molar-refractivity contribution in [2.75, 3.05) is 113 Å². The Hall–Kier alpha value is -5.18. The standard InChI is InChI=1S/C39H53N7O12/c1-28-26-46(43-42-28)12-13-52-14-15-53-16-17-54-18-19-55-20-21-56-22-23-57-27-35(48)40-24-30-4-6-33(58-30)31-5-7-34(51-3)36-32(25-41-37(31)36)38(49)39(50)45-10-8-44(9-11-45)29(2)47/h4-7,25-26,41H,8-24,27H2,1-3H3,(H,40,48). The van der Waals surface area contributed by atoms with Gasteiger partial charge in [0.05, 0.1) is 115 Å². The first kappa shape index (κ1) is 43.9. The van der Waals surface area contributed by atoms with Gasteiger partial charge in [0.1, 0.15) is 23.9 Å². The molecule has 1 aromatic carbocycles. The maximum Gasteiger partial charge on any atom is 0.295 e. The van der Waals surface area contributed by atoms with Crippen LogP contribution in [-0.2, 0) is 55.9 Å². The molecule has 1 fully saturated rings. The zero-order valence-corrected chi connectivity index (χ0v) is 33.3. The number of piperazine rings is 1. The number of nitrogens with one attached hydrogen (secondary N) is 2. The van der Waals surface area contributed by atoms with Crippen molar-refractivity contribution in [1.29, 1.82) is 0 Å². The second-order valence-corrected chi connectivity index (χ2v) is 13.2. The zero-order valence-electron chi connectivity index (χ0n) is 33.3. The molecule has 0 unspecified atom stereocenters. The molecule has 5 rings (SSSR count). The first-order valence-electron chi connectivity index (χ1n) is 19.2. The van der Waals surface area contributed by atoms with E-state index in [1.54, 1.807) is 33.8 Å². The maximum absolute atomic E-state index is 13.4. The summed E-state index contributed by atoms with van der Waals surface area (Å²) < 4.78 is 46.2. The number of amides is 3. The van der Waals surface area contributed by atoms with Crippen LogP contribution in [0.25, 0.3) is 22.2 Å². The monoisotopic (exact) mass is 811 g/mol. The fourth-order valence-electron chi connectivity index (χ4n) is 6.04. The molecule has 0 radical (unpaired) electrons. The number of aromatic nitrogens is 4. The van der Waals surface area contributed by atoms with E-state index in [9.17, 15) is 19.2 Å². The second kappa shape index (κ2) is 23.3. The van der Waals surface area contributed by atoms with Crippen LogP contribution in [0, 0.1) is 6.92 Å². The number of carbonyl (C=O) groups excluding carboxylic acids is 4. The number of Topliss-reactive ketones (excluding diaryl/α,β-unsaturated/α-hetero) is 1. The van der Waals surface area contributed by atoms with E-state index in [1.807, 2.05) is 13.1 Å². The Balaban J connectivity index is 0.902. The molecule has 19 heteroatoms. The summed E-state index contributed by atoms with van der Waals surface area (Å²) in [6, 6.07) is 6.99. The number of ether oxygens (including phenoxy) is 7. The molecule has 0 bridgehead atoms. The van der Waals surface area contributed by atoms with Gasteiger partial charge >= 0.3 is 0 Å². The van der Waals surface area contributed by atoms with Crippen LogP contribution in [0.1, 0.15) is 28.7 Å². The van der Waals surface area contributed by atoms with Crippen LogP contribution in [-0.4, -0.2) is 166 Å². The number of carbonyl (C=O) groups is 4. The van der Waals surface area contributed by atoms with Crippen molar-refractivity contribution in [1.82, 2.24) is 35.1 Å². The second-order valence-electron chi connectivity index (χ2n) is 13.2. The first-order valence-corrected chi connectivity index (χ1v) is 19.2. The predicted octanol–water partition coefficient (Wildman–Crippen LogP) is 1.63. The van der Waals surface area contributed by atoms with Crippen LogP contribution in [0.2, 0.25) is 0 Å². The van der Waals surface area contributed by atoms with E-state index in [4.69, 9.17) is 37.6 Å². The SMILES string of the molecule is COc1ccc(-c2ccc(CNC(=O)COCCOCCOCCOCCOCCOCCn3cc(C)nn3)o2)c2[nH]cc(C(=O)C(=O)N3CCN(C(C)=O)CC3)c12. The van der Waals surface area contributed by atoms with Gasteiger partial charge in [-0.3, -0.25) is 19.2 Å². The molecule has 4 aromatic rings. The molecule has 1 saturated heterocycles. The number of fused-ring (bicyclic) bond motifs is 1. The van der Waals surface area contributed by atoms with Crippen molar-refractivity contribution in [2.45, 2.75) is 26.9 Å². The van der Waals surface area contributed by atoms with Crippen molar-refractivity contribution in [3.05, 3.63) is 53.7 Å². The van der Waals surface area contributed by atoms with Crippen LogP contribution >= 0.6 is 0 Å². The Morgan fingerprint density at radius 1 is 0.793 bits per heavy atom. The fourth-order valence-corrected chi connectivity index (χ4v) is 6.04. The van der Waals surface area contributed by atoms with Gasteiger partial charge in [-0.15, -0.1) is 5.10 Å². The number of hydrogen-bond acceptors (Lipinski definition) is 14. The van der Waals surface area contributed by atoms with E-state index >= 15 is 0 Å². The van der Waals surface area contributed by atoms with Gasteiger partial charge in [-0.05, 0) is 31.2 Å². The molecule has 3 aromatic heterocycles. The van der Waals surface area contributed by atoms with Crippen molar-refractivity contribution < 1.29 is 56.8 Å². The van der Waals surface area contributed by atoms with Crippen molar-refractivity contribution >= 4 is 34.4 Å². The normalized spacial score (nSPS) is 13.0. The van der Waals surface area contributed by atoms with Crippen LogP contribution in [0.3, 0.4) is 0 Å². The highest BCUT2D eigenvalue weighted by atomic mass is 16.6. The van der Waals surface area contributed by atoms with Crippen molar-refractivity contribution in [3.8, 4) is 17.1 Å². The summed E-state index contributed by atoms with van der Waals surface area (Å²) in [5, 5.41) is 11.1. The maximum atomic E-state index is 13.4. The molecule has 1 aliphatic heterocycles. The predicted molar refractivity (Wildman–Crippen MR) is 207 cm³/mol. The summed E-state index contributed by atoms with van der Waals surface area (Å²) in [6.45, 7) is 10.0. The third kappa shape index (κ3) is 13.2. The molecule has 316 valence electrons. The molecular weight excluding hydrogens is 758 g/mol. The Labute approximate surface area is 336 Å². The van der Waals surface area contributed by atoms with Gasteiger partial charge < -0.3 is 57.7 Å².